The second-order valence-electron chi connectivity index (χ2n) is 12.1. The van der Waals surface area contributed by atoms with E-state index in [2.05, 4.69) is 131 Å². The van der Waals surface area contributed by atoms with Gasteiger partial charge in [-0.05, 0) is 0 Å². The topological polar surface area (TPSA) is 0 Å². The second kappa shape index (κ2) is 9.98. The van der Waals surface area contributed by atoms with Gasteiger partial charge in [-0.15, -0.1) is 0 Å². The van der Waals surface area contributed by atoms with Crippen molar-refractivity contribution < 1.29 is 45.2 Å². The van der Waals surface area contributed by atoms with Crippen molar-refractivity contribution in [2.75, 3.05) is 0 Å². The maximum atomic E-state index is 2.59. The van der Waals surface area contributed by atoms with Crippen molar-refractivity contribution in [1.29, 1.82) is 0 Å². The molecular weight excluding hydrogens is 479 g/mol. The van der Waals surface area contributed by atoms with Crippen LogP contribution in [-0.2, 0) is 20.4 Å². The molecule has 0 amide bonds. The third kappa shape index (κ3) is 6.23. The third-order valence-electron chi connectivity index (χ3n) is 6.11. The van der Waals surface area contributed by atoms with Crippen LogP contribution in [0.1, 0.15) is 68.2 Å². The van der Waals surface area contributed by atoms with Gasteiger partial charge in [0, 0.05) is 0 Å². The van der Waals surface area contributed by atoms with Gasteiger partial charge in [0.25, 0.3) is 0 Å². The molecule has 0 saturated heterocycles. The molecule has 0 aliphatic heterocycles. The molecule has 0 fully saturated rings. The Morgan fingerprint density at radius 3 is 1.83 bits per heavy atom. The molecule has 2 aliphatic carbocycles. The van der Waals surface area contributed by atoms with Gasteiger partial charge in [-0.3, -0.25) is 0 Å². The van der Waals surface area contributed by atoms with E-state index in [-0.39, 0.29) is 45.8 Å². The van der Waals surface area contributed by atoms with E-state index in [1.54, 1.807) is 15.0 Å². The Hall–Kier alpha value is 0.821. The SMILES string of the molecule is CC(C)(C)C1=CCC(S[Si](C)(C)C)(C(C)(C)C2=[C]([Ti+2])CC=C2)C(C(C)(C)C)=C1.[Cl-].[Cl-]. The van der Waals surface area contributed by atoms with Crippen molar-refractivity contribution in [3.8, 4) is 0 Å². The Morgan fingerprint density at radius 2 is 1.47 bits per heavy atom. The summed E-state index contributed by atoms with van der Waals surface area (Å²) in [6.07, 6.45) is 12.2. The zero-order valence-electron chi connectivity index (χ0n) is 20.9. The van der Waals surface area contributed by atoms with Gasteiger partial charge in [-0.25, -0.2) is 0 Å². The molecule has 1 atom stereocenters. The molecule has 0 heterocycles. The van der Waals surface area contributed by atoms with Gasteiger partial charge >= 0.3 is 193 Å². The molecule has 5 heteroatoms. The summed E-state index contributed by atoms with van der Waals surface area (Å²) in [5, 5.41) is 0. The number of allylic oxidation sites excluding steroid dienone is 7. The van der Waals surface area contributed by atoms with Crippen LogP contribution in [0.15, 0.2) is 44.9 Å². The molecular formula is C25H41Cl2SSiTi. The van der Waals surface area contributed by atoms with Crippen LogP contribution in [0.2, 0.25) is 19.6 Å². The molecule has 0 aromatic rings. The van der Waals surface area contributed by atoms with Crippen molar-refractivity contribution in [3.63, 3.8) is 0 Å². The number of halogens is 2. The quantitative estimate of drug-likeness (QED) is 0.514. The molecule has 0 nitrogen and oxygen atoms in total. The van der Waals surface area contributed by atoms with Gasteiger partial charge < -0.3 is 24.8 Å². The van der Waals surface area contributed by atoms with E-state index in [1.165, 1.54) is 5.57 Å². The Balaban J connectivity index is 0.00000420. The number of hydrogen-bond acceptors (Lipinski definition) is 1. The molecule has 0 saturated carbocycles. The molecule has 0 spiro atoms. The van der Waals surface area contributed by atoms with Crippen LogP contribution in [0.5, 0.6) is 0 Å². The minimum Gasteiger partial charge on any atom is -1.00 e. The molecule has 0 aromatic heterocycles. The number of hydrogen-bond donors (Lipinski definition) is 0. The molecule has 2 rings (SSSR count). The Morgan fingerprint density at radius 1 is 0.933 bits per heavy atom. The fourth-order valence-electron chi connectivity index (χ4n) is 4.69. The van der Waals surface area contributed by atoms with Crippen molar-refractivity contribution in [1.82, 2.24) is 0 Å². The Kier molecular flexibility index (Phi) is 10.3. The Bertz CT molecular complexity index is 755. The van der Waals surface area contributed by atoms with Crippen LogP contribution in [0.25, 0.3) is 0 Å². The Labute approximate surface area is 216 Å². The van der Waals surface area contributed by atoms with Gasteiger partial charge in [0.05, 0.1) is 0 Å². The van der Waals surface area contributed by atoms with Crippen molar-refractivity contribution >= 4 is 18.4 Å². The summed E-state index contributed by atoms with van der Waals surface area (Å²) in [5.74, 6) is 0. The average Bonchev–Trinajstić information content (AvgIpc) is 2.90. The zero-order valence-corrected chi connectivity index (χ0v) is 25.8. The fraction of sp³-hybridized carbons (Fsp3) is 0.680. The zero-order chi connectivity index (χ0) is 21.8. The van der Waals surface area contributed by atoms with Crippen LogP contribution in [-0.4, -0.2) is 12.0 Å². The van der Waals surface area contributed by atoms with Crippen LogP contribution >= 0.6 is 11.2 Å². The summed E-state index contributed by atoms with van der Waals surface area (Å²) < 4.78 is 1.66. The third-order valence-corrected chi connectivity index (χ3v) is 11.6. The van der Waals surface area contributed by atoms with E-state index >= 15 is 0 Å². The summed E-state index contributed by atoms with van der Waals surface area (Å²) in [6.45, 7) is 26.9. The maximum Gasteiger partial charge on any atom is -1.00 e. The van der Waals surface area contributed by atoms with E-state index in [4.69, 9.17) is 0 Å². The smallest absolute Gasteiger partial charge is 1.00 e. The summed E-state index contributed by atoms with van der Waals surface area (Å²) >= 11 is 4.66. The van der Waals surface area contributed by atoms with Crippen molar-refractivity contribution in [3.05, 3.63) is 44.9 Å². The summed E-state index contributed by atoms with van der Waals surface area (Å²) in [7, 11) is -1.39. The first-order chi connectivity index (χ1) is 12.4. The van der Waals surface area contributed by atoms with Crippen molar-refractivity contribution in [2.45, 2.75) is 92.6 Å². The van der Waals surface area contributed by atoms with E-state index in [0.29, 0.717) is 0 Å². The van der Waals surface area contributed by atoms with Gasteiger partial charge in [-0.2, -0.15) is 0 Å². The monoisotopic (exact) mass is 519 g/mol. The molecule has 2 aliphatic rings. The first-order valence-electron chi connectivity index (χ1n) is 10.7. The van der Waals surface area contributed by atoms with E-state index in [0.717, 1.165) is 12.8 Å². The molecule has 0 bridgehead atoms. The standard InChI is InChI=1S/C25H41SSi.2ClH.Ti/c1-22(2,3)20-16-17-25(26-27(9,10)11,21(18-20)23(4,5)6)24(7,8)19-14-12-13-15-19;;;/h12,14,16,18H,13,17H2,1-11H3;2*1H;/q;;;+2/p-2. The minimum absolute atomic E-state index is 0. The van der Waals surface area contributed by atoms with E-state index in [9.17, 15) is 0 Å². The first kappa shape index (κ1) is 30.8. The molecule has 1 unspecified atom stereocenters. The molecule has 0 aromatic carbocycles. The van der Waals surface area contributed by atoms with Gasteiger partial charge in [0.15, 0.2) is 0 Å². The summed E-state index contributed by atoms with van der Waals surface area (Å²) in [5.41, 5.74) is 5.15. The van der Waals surface area contributed by atoms with Gasteiger partial charge in [0.1, 0.15) is 0 Å². The largest absolute Gasteiger partial charge is 1.00 e. The maximum absolute atomic E-state index is 2.59. The van der Waals surface area contributed by atoms with Crippen LogP contribution in [0, 0.1) is 16.2 Å². The van der Waals surface area contributed by atoms with E-state index in [1.807, 2.05) is 0 Å². The molecule has 169 valence electrons. The van der Waals surface area contributed by atoms with Crippen LogP contribution in [0.3, 0.4) is 0 Å². The molecule has 0 N–H and O–H groups in total. The van der Waals surface area contributed by atoms with Gasteiger partial charge in [0.2, 0.25) is 0 Å². The van der Waals surface area contributed by atoms with Crippen LogP contribution in [0.4, 0.5) is 0 Å². The molecule has 0 radical (unpaired) electrons. The second-order valence-corrected chi connectivity index (χ2v) is 22.4. The molecule has 30 heavy (non-hydrogen) atoms. The normalized spacial score (nSPS) is 23.0. The predicted molar refractivity (Wildman–Crippen MR) is 128 cm³/mol. The minimum atomic E-state index is -1.39. The van der Waals surface area contributed by atoms with E-state index < -0.39 is 7.22 Å². The van der Waals surface area contributed by atoms with Crippen LogP contribution < -0.4 is 24.8 Å². The van der Waals surface area contributed by atoms with Gasteiger partial charge in [-0.1, -0.05) is 0 Å². The summed E-state index contributed by atoms with van der Waals surface area (Å²) in [6, 6.07) is 0. The number of rotatable bonds is 4. The van der Waals surface area contributed by atoms with Crippen molar-refractivity contribution in [2.24, 2.45) is 16.2 Å². The average molecular weight is 521 g/mol. The first-order valence-corrected chi connectivity index (χ1v) is 16.5. The summed E-state index contributed by atoms with van der Waals surface area (Å²) in [4.78, 5) is 0. The fourth-order valence-corrected chi connectivity index (χ4v) is 12.0. The predicted octanol–water partition coefficient (Wildman–Crippen LogP) is 2.44.